The molecule has 5 heteroatoms. The van der Waals surface area contributed by atoms with Gasteiger partial charge in [0.25, 0.3) is 0 Å². The highest BCUT2D eigenvalue weighted by atomic mass is 16.5. The van der Waals surface area contributed by atoms with E-state index in [2.05, 4.69) is 5.32 Å². The molecular weight excluding hydrogens is 258 g/mol. The predicted molar refractivity (Wildman–Crippen MR) is 73.4 cm³/mol. The van der Waals surface area contributed by atoms with Crippen LogP contribution in [0.2, 0.25) is 0 Å². The fraction of sp³-hybridized carbons (Fsp3) is 0.400. The molecule has 1 atom stereocenters. The first-order valence-electron chi connectivity index (χ1n) is 6.59. The van der Waals surface area contributed by atoms with Gasteiger partial charge in [-0.15, -0.1) is 0 Å². The Morgan fingerprint density at radius 1 is 1.20 bits per heavy atom. The summed E-state index contributed by atoms with van der Waals surface area (Å²) in [5, 5.41) is 2.78. The van der Waals surface area contributed by atoms with Crippen molar-refractivity contribution in [2.45, 2.75) is 32.8 Å². The predicted octanol–water partition coefficient (Wildman–Crippen LogP) is 2.17. The number of hydrogen-bond donors (Lipinski definition) is 1. The van der Waals surface area contributed by atoms with Gasteiger partial charge in [-0.1, -0.05) is 0 Å². The molecule has 2 rings (SSSR count). The Balaban J connectivity index is 1.94. The summed E-state index contributed by atoms with van der Waals surface area (Å²) in [7, 11) is 0. The molecule has 0 aliphatic heterocycles. The smallest absolute Gasteiger partial charge is 0.338 e. The number of amides is 1. The molecule has 0 heterocycles. The van der Waals surface area contributed by atoms with Gasteiger partial charge in [-0.25, -0.2) is 4.79 Å². The van der Waals surface area contributed by atoms with E-state index in [0.29, 0.717) is 11.3 Å². The second-order valence-electron chi connectivity index (χ2n) is 5.00. The van der Waals surface area contributed by atoms with Gasteiger partial charge in [0.2, 0.25) is 5.91 Å². The Labute approximate surface area is 117 Å². The first kappa shape index (κ1) is 14.2. The monoisotopic (exact) mass is 275 g/mol. The number of hydrogen-bond acceptors (Lipinski definition) is 4. The average Bonchev–Trinajstić information content (AvgIpc) is 3.23. The average molecular weight is 275 g/mol. The Morgan fingerprint density at radius 2 is 1.80 bits per heavy atom. The Bertz CT molecular complexity index is 531. The lowest BCUT2D eigenvalue weighted by atomic mass is 10.2. The zero-order valence-electron chi connectivity index (χ0n) is 11.5. The zero-order valence-corrected chi connectivity index (χ0v) is 11.5. The maximum absolute atomic E-state index is 11.7. The second-order valence-corrected chi connectivity index (χ2v) is 5.00. The minimum atomic E-state index is -0.753. The first-order chi connectivity index (χ1) is 9.47. The fourth-order valence-corrected chi connectivity index (χ4v) is 1.59. The van der Waals surface area contributed by atoms with Crippen molar-refractivity contribution in [3.05, 3.63) is 29.8 Å². The lowest BCUT2D eigenvalue weighted by Crippen LogP contribution is -2.21. The normalized spacial score (nSPS) is 15.3. The molecule has 0 radical (unpaired) electrons. The molecule has 1 aliphatic carbocycles. The van der Waals surface area contributed by atoms with E-state index in [1.165, 1.54) is 13.8 Å². The van der Waals surface area contributed by atoms with E-state index in [-0.39, 0.29) is 17.6 Å². The number of ketones is 1. The molecular formula is C15H17NO4. The summed E-state index contributed by atoms with van der Waals surface area (Å²) >= 11 is 0. The summed E-state index contributed by atoms with van der Waals surface area (Å²) in [5.74, 6) is -0.596. The SMILES string of the molecule is CC(=O)C(C)OC(=O)c1ccc(NC(=O)C2CC2)cc1. The van der Waals surface area contributed by atoms with E-state index in [4.69, 9.17) is 4.74 Å². The van der Waals surface area contributed by atoms with Crippen LogP contribution in [-0.2, 0) is 14.3 Å². The van der Waals surface area contributed by atoms with Crippen molar-refractivity contribution in [2.24, 2.45) is 5.92 Å². The number of carbonyl (C=O) groups excluding carboxylic acids is 3. The summed E-state index contributed by atoms with van der Waals surface area (Å²) < 4.78 is 4.99. The number of nitrogens with one attached hydrogen (secondary N) is 1. The zero-order chi connectivity index (χ0) is 14.7. The maximum Gasteiger partial charge on any atom is 0.338 e. The standard InChI is InChI=1S/C15H17NO4/c1-9(17)10(2)20-15(19)12-5-7-13(8-6-12)16-14(18)11-3-4-11/h5-8,10-11H,3-4H2,1-2H3,(H,16,18). The topological polar surface area (TPSA) is 72.5 Å². The minimum absolute atomic E-state index is 0.0190. The molecule has 1 aliphatic rings. The van der Waals surface area contributed by atoms with Crippen LogP contribution in [0.1, 0.15) is 37.0 Å². The number of carbonyl (C=O) groups is 3. The second kappa shape index (κ2) is 5.86. The van der Waals surface area contributed by atoms with Gasteiger partial charge in [0.1, 0.15) is 0 Å². The van der Waals surface area contributed by atoms with Gasteiger partial charge in [0.15, 0.2) is 11.9 Å². The maximum atomic E-state index is 11.7. The highest BCUT2D eigenvalue weighted by Crippen LogP contribution is 2.30. The summed E-state index contributed by atoms with van der Waals surface area (Å²) in [6.45, 7) is 2.90. The molecule has 0 saturated heterocycles. The van der Waals surface area contributed by atoms with Gasteiger partial charge in [-0.3, -0.25) is 9.59 Å². The summed E-state index contributed by atoms with van der Waals surface area (Å²) in [6.07, 6.45) is 1.13. The van der Waals surface area contributed by atoms with Gasteiger partial charge >= 0.3 is 5.97 Å². The van der Waals surface area contributed by atoms with Gasteiger partial charge in [0, 0.05) is 11.6 Å². The molecule has 106 valence electrons. The van der Waals surface area contributed by atoms with Crippen LogP contribution in [0.25, 0.3) is 0 Å². The molecule has 5 nitrogen and oxygen atoms in total. The number of benzene rings is 1. The van der Waals surface area contributed by atoms with Crippen LogP contribution >= 0.6 is 0 Å². The van der Waals surface area contributed by atoms with Gasteiger partial charge < -0.3 is 10.1 Å². The largest absolute Gasteiger partial charge is 0.451 e. The quantitative estimate of drug-likeness (QED) is 0.836. The summed E-state index contributed by atoms with van der Waals surface area (Å²) in [5.41, 5.74) is 1.00. The van der Waals surface area contributed by atoms with Crippen LogP contribution in [0.3, 0.4) is 0 Å². The third-order valence-corrected chi connectivity index (χ3v) is 3.19. The lowest BCUT2D eigenvalue weighted by molar-refractivity contribution is -0.124. The van der Waals surface area contributed by atoms with Crippen molar-refractivity contribution in [3.63, 3.8) is 0 Å². The van der Waals surface area contributed by atoms with E-state index >= 15 is 0 Å². The highest BCUT2D eigenvalue weighted by molar-refractivity contribution is 5.95. The molecule has 0 bridgehead atoms. The summed E-state index contributed by atoms with van der Waals surface area (Å²) in [4.78, 5) is 34.4. The summed E-state index contributed by atoms with van der Waals surface area (Å²) in [6, 6.07) is 6.43. The molecule has 0 spiro atoms. The number of rotatable bonds is 5. The van der Waals surface area contributed by atoms with E-state index in [1.807, 2.05) is 0 Å². The first-order valence-corrected chi connectivity index (χ1v) is 6.59. The molecule has 1 saturated carbocycles. The van der Waals surface area contributed by atoms with Gasteiger partial charge in [-0.05, 0) is 51.0 Å². The van der Waals surface area contributed by atoms with E-state index < -0.39 is 12.1 Å². The molecule has 1 amide bonds. The van der Waals surface area contributed by atoms with E-state index in [9.17, 15) is 14.4 Å². The molecule has 0 aromatic heterocycles. The van der Waals surface area contributed by atoms with Crippen molar-refractivity contribution in [1.29, 1.82) is 0 Å². The Hall–Kier alpha value is -2.17. The molecule has 1 unspecified atom stereocenters. The van der Waals surface area contributed by atoms with Crippen LogP contribution in [-0.4, -0.2) is 23.8 Å². The van der Waals surface area contributed by atoms with Crippen LogP contribution < -0.4 is 5.32 Å². The number of ether oxygens (including phenoxy) is 1. The lowest BCUT2D eigenvalue weighted by Gasteiger charge is -2.10. The number of esters is 1. The molecule has 20 heavy (non-hydrogen) atoms. The van der Waals surface area contributed by atoms with Crippen LogP contribution in [0.4, 0.5) is 5.69 Å². The third kappa shape index (κ3) is 3.66. The fourth-order valence-electron chi connectivity index (χ4n) is 1.59. The van der Waals surface area contributed by atoms with Crippen LogP contribution in [0.5, 0.6) is 0 Å². The van der Waals surface area contributed by atoms with E-state index in [0.717, 1.165) is 12.8 Å². The number of anilines is 1. The molecule has 1 fully saturated rings. The minimum Gasteiger partial charge on any atom is -0.451 e. The van der Waals surface area contributed by atoms with Crippen molar-refractivity contribution in [2.75, 3.05) is 5.32 Å². The number of Topliss-reactive ketones (excluding diaryl/α,β-unsaturated/α-hetero) is 1. The van der Waals surface area contributed by atoms with E-state index in [1.54, 1.807) is 24.3 Å². The third-order valence-electron chi connectivity index (χ3n) is 3.19. The van der Waals surface area contributed by atoms with Crippen molar-refractivity contribution in [3.8, 4) is 0 Å². The molecule has 1 aromatic carbocycles. The van der Waals surface area contributed by atoms with Gasteiger partial charge in [-0.2, -0.15) is 0 Å². The van der Waals surface area contributed by atoms with Crippen molar-refractivity contribution >= 4 is 23.3 Å². The molecule has 1 N–H and O–H groups in total. The van der Waals surface area contributed by atoms with Crippen molar-refractivity contribution < 1.29 is 19.1 Å². The van der Waals surface area contributed by atoms with Crippen LogP contribution in [0.15, 0.2) is 24.3 Å². The van der Waals surface area contributed by atoms with Crippen LogP contribution in [0, 0.1) is 5.92 Å². The van der Waals surface area contributed by atoms with Crippen molar-refractivity contribution in [1.82, 2.24) is 0 Å². The molecule has 1 aromatic rings. The highest BCUT2D eigenvalue weighted by Gasteiger charge is 2.29. The Kier molecular flexibility index (Phi) is 4.17. The van der Waals surface area contributed by atoms with Gasteiger partial charge in [0.05, 0.1) is 5.56 Å². The Morgan fingerprint density at radius 3 is 2.30 bits per heavy atom.